The van der Waals surface area contributed by atoms with Crippen LogP contribution in [0.4, 0.5) is 0 Å². The molecule has 0 saturated heterocycles. The largest absolute Gasteiger partial charge is 0.491 e. The van der Waals surface area contributed by atoms with E-state index in [9.17, 15) is 0 Å². The summed E-state index contributed by atoms with van der Waals surface area (Å²) in [5.41, 5.74) is 2.16. The molecule has 0 atom stereocenters. The van der Waals surface area contributed by atoms with Crippen molar-refractivity contribution in [3.8, 4) is 5.75 Å². The van der Waals surface area contributed by atoms with E-state index in [0.717, 1.165) is 23.6 Å². The highest BCUT2D eigenvalue weighted by molar-refractivity contribution is 5.26. The summed E-state index contributed by atoms with van der Waals surface area (Å²) in [5.74, 6) is 1.71. The molecule has 0 spiro atoms. The van der Waals surface area contributed by atoms with Gasteiger partial charge in [-0.1, -0.05) is 36.7 Å². The molecule has 2 aromatic rings. The Morgan fingerprint density at radius 2 is 1.71 bits per heavy atom. The molecule has 0 aliphatic carbocycles. The van der Waals surface area contributed by atoms with Crippen LogP contribution < -0.4 is 4.74 Å². The number of aromatic nitrogens is 1. The van der Waals surface area contributed by atoms with Gasteiger partial charge in [0.05, 0.1) is 18.9 Å². The molecular formula is C17H25NO3. The third-order valence-electron chi connectivity index (χ3n) is 2.70. The number of aryl methyl sites for hydroxylation is 2. The maximum absolute atomic E-state index is 5.56. The number of hydrogen-bond acceptors (Lipinski definition) is 4. The van der Waals surface area contributed by atoms with Crippen LogP contribution >= 0.6 is 0 Å². The second-order valence-electron chi connectivity index (χ2n) is 4.45. The van der Waals surface area contributed by atoms with Gasteiger partial charge in [-0.2, -0.15) is 0 Å². The van der Waals surface area contributed by atoms with Crippen molar-refractivity contribution < 1.29 is 14.0 Å². The molecule has 0 aliphatic heterocycles. The fourth-order valence-corrected chi connectivity index (χ4v) is 1.67. The molecule has 4 nitrogen and oxygen atoms in total. The SMILES string of the molecule is CC.Cc1ccc(OCCOCCc2cc(C)on2)cc1. The standard InChI is InChI=1S/C15H19NO3.C2H6/c1-12-3-5-15(6-4-12)18-10-9-17-8-7-14-11-13(2)19-16-14;1-2/h3-6,11H,7-10H2,1-2H3;1-2H3. The summed E-state index contributed by atoms with van der Waals surface area (Å²) in [5, 5.41) is 3.90. The van der Waals surface area contributed by atoms with Crippen molar-refractivity contribution in [1.82, 2.24) is 5.16 Å². The lowest BCUT2D eigenvalue weighted by atomic mass is 10.2. The zero-order valence-corrected chi connectivity index (χ0v) is 13.4. The van der Waals surface area contributed by atoms with Gasteiger partial charge in [-0.15, -0.1) is 0 Å². The summed E-state index contributed by atoms with van der Waals surface area (Å²) in [6, 6.07) is 9.92. The topological polar surface area (TPSA) is 44.5 Å². The van der Waals surface area contributed by atoms with E-state index in [2.05, 4.69) is 12.1 Å². The van der Waals surface area contributed by atoms with Crippen LogP contribution in [-0.4, -0.2) is 25.0 Å². The van der Waals surface area contributed by atoms with Crippen molar-refractivity contribution in [3.63, 3.8) is 0 Å². The smallest absolute Gasteiger partial charge is 0.133 e. The molecule has 1 aromatic heterocycles. The van der Waals surface area contributed by atoms with Gasteiger partial charge < -0.3 is 14.0 Å². The molecule has 4 heteroatoms. The van der Waals surface area contributed by atoms with E-state index < -0.39 is 0 Å². The molecule has 1 aromatic carbocycles. The molecule has 1 heterocycles. The molecule has 2 rings (SSSR count). The van der Waals surface area contributed by atoms with Crippen molar-refractivity contribution in [3.05, 3.63) is 47.3 Å². The summed E-state index contributed by atoms with van der Waals surface area (Å²) in [6.45, 7) is 9.69. The van der Waals surface area contributed by atoms with Crippen molar-refractivity contribution in [2.24, 2.45) is 0 Å². The minimum absolute atomic E-state index is 0.556. The maximum atomic E-state index is 5.56. The fraction of sp³-hybridized carbons (Fsp3) is 0.471. The van der Waals surface area contributed by atoms with Gasteiger partial charge in [0.25, 0.3) is 0 Å². The predicted octanol–water partition coefficient (Wildman–Crippen LogP) is 3.96. The molecule has 116 valence electrons. The Bertz CT molecular complexity index is 491. The fourth-order valence-electron chi connectivity index (χ4n) is 1.67. The van der Waals surface area contributed by atoms with Crippen LogP contribution in [-0.2, 0) is 11.2 Å². The summed E-state index contributed by atoms with van der Waals surface area (Å²) < 4.78 is 16.0. The van der Waals surface area contributed by atoms with Gasteiger partial charge in [-0.25, -0.2) is 0 Å². The lowest BCUT2D eigenvalue weighted by Gasteiger charge is -2.06. The van der Waals surface area contributed by atoms with Crippen LogP contribution in [0.2, 0.25) is 0 Å². The summed E-state index contributed by atoms with van der Waals surface area (Å²) in [4.78, 5) is 0. The Balaban J connectivity index is 0.00000106. The van der Waals surface area contributed by atoms with E-state index in [1.807, 2.05) is 51.1 Å². The molecule has 0 bridgehead atoms. The normalized spacial score (nSPS) is 9.90. The van der Waals surface area contributed by atoms with Crippen LogP contribution in [0.1, 0.15) is 30.9 Å². The Kier molecular flexibility index (Phi) is 8.21. The van der Waals surface area contributed by atoms with Gasteiger partial charge in [0.2, 0.25) is 0 Å². The average Bonchev–Trinajstić information content (AvgIpc) is 2.92. The number of rotatable bonds is 7. The molecule has 0 aliphatic rings. The van der Waals surface area contributed by atoms with E-state index in [1.165, 1.54) is 5.56 Å². The second kappa shape index (κ2) is 10.00. The number of benzene rings is 1. The zero-order chi connectivity index (χ0) is 15.5. The van der Waals surface area contributed by atoms with Crippen LogP contribution in [0.5, 0.6) is 5.75 Å². The molecule has 0 fully saturated rings. The Morgan fingerprint density at radius 3 is 2.33 bits per heavy atom. The summed E-state index contributed by atoms with van der Waals surface area (Å²) in [7, 11) is 0. The third kappa shape index (κ3) is 6.95. The van der Waals surface area contributed by atoms with Crippen LogP contribution in [0.3, 0.4) is 0 Å². The molecule has 0 saturated carbocycles. The molecule has 0 amide bonds. The first-order valence-corrected chi connectivity index (χ1v) is 7.43. The highest BCUT2D eigenvalue weighted by atomic mass is 16.5. The first kappa shape index (κ1) is 17.2. The molecule has 0 radical (unpaired) electrons. The van der Waals surface area contributed by atoms with Gasteiger partial charge in [0.1, 0.15) is 18.1 Å². The lowest BCUT2D eigenvalue weighted by Crippen LogP contribution is -2.08. The van der Waals surface area contributed by atoms with Crippen molar-refractivity contribution >= 4 is 0 Å². The van der Waals surface area contributed by atoms with Gasteiger partial charge in [0, 0.05) is 12.5 Å². The maximum Gasteiger partial charge on any atom is 0.133 e. The van der Waals surface area contributed by atoms with Crippen molar-refractivity contribution in [2.45, 2.75) is 34.1 Å². The first-order chi connectivity index (χ1) is 10.2. The van der Waals surface area contributed by atoms with Crippen molar-refractivity contribution in [2.75, 3.05) is 19.8 Å². The van der Waals surface area contributed by atoms with Gasteiger partial charge in [-0.05, 0) is 26.0 Å². The van der Waals surface area contributed by atoms with Crippen LogP contribution in [0, 0.1) is 13.8 Å². The second-order valence-corrected chi connectivity index (χ2v) is 4.45. The summed E-state index contributed by atoms with van der Waals surface area (Å²) in [6.07, 6.45) is 0.766. The van der Waals surface area contributed by atoms with E-state index in [-0.39, 0.29) is 0 Å². The Labute approximate surface area is 127 Å². The van der Waals surface area contributed by atoms with Crippen molar-refractivity contribution in [1.29, 1.82) is 0 Å². The van der Waals surface area contributed by atoms with Gasteiger partial charge in [-0.3, -0.25) is 0 Å². The zero-order valence-electron chi connectivity index (χ0n) is 13.4. The minimum atomic E-state index is 0.556. The first-order valence-electron chi connectivity index (χ1n) is 7.43. The third-order valence-corrected chi connectivity index (χ3v) is 2.70. The molecule has 0 unspecified atom stereocenters. The number of ether oxygens (including phenoxy) is 2. The number of nitrogens with zero attached hydrogens (tertiary/aromatic N) is 1. The molecular weight excluding hydrogens is 266 g/mol. The Morgan fingerprint density at radius 1 is 1.00 bits per heavy atom. The van der Waals surface area contributed by atoms with E-state index in [4.69, 9.17) is 14.0 Å². The lowest BCUT2D eigenvalue weighted by molar-refractivity contribution is 0.102. The van der Waals surface area contributed by atoms with Crippen LogP contribution in [0.15, 0.2) is 34.9 Å². The van der Waals surface area contributed by atoms with E-state index in [1.54, 1.807) is 0 Å². The highest BCUT2D eigenvalue weighted by Gasteiger charge is 2.00. The quantitative estimate of drug-likeness (QED) is 0.724. The van der Waals surface area contributed by atoms with Crippen LogP contribution in [0.25, 0.3) is 0 Å². The molecule has 0 N–H and O–H groups in total. The monoisotopic (exact) mass is 291 g/mol. The Hall–Kier alpha value is -1.81. The van der Waals surface area contributed by atoms with E-state index in [0.29, 0.717) is 19.8 Å². The van der Waals surface area contributed by atoms with Gasteiger partial charge >= 0.3 is 0 Å². The van der Waals surface area contributed by atoms with E-state index >= 15 is 0 Å². The van der Waals surface area contributed by atoms with Gasteiger partial charge in [0.15, 0.2) is 0 Å². The molecule has 21 heavy (non-hydrogen) atoms. The predicted molar refractivity (Wildman–Crippen MR) is 83.8 cm³/mol. The minimum Gasteiger partial charge on any atom is -0.491 e. The average molecular weight is 291 g/mol. The number of hydrogen-bond donors (Lipinski definition) is 0. The highest BCUT2D eigenvalue weighted by Crippen LogP contribution is 2.11. The summed E-state index contributed by atoms with van der Waals surface area (Å²) >= 11 is 0.